The van der Waals surface area contributed by atoms with Gasteiger partial charge in [-0.3, -0.25) is 9.69 Å². The number of aliphatic carboxylic acids is 1. The monoisotopic (exact) mass is 262 g/mol. The number of hydrogen-bond donors (Lipinski definition) is 1. The molecule has 1 aromatic rings. The van der Waals surface area contributed by atoms with Crippen LogP contribution < -0.4 is 0 Å². The number of piperazine rings is 1. The Bertz CT molecular complexity index is 440. The van der Waals surface area contributed by atoms with Crippen molar-refractivity contribution in [2.45, 2.75) is 19.9 Å². The van der Waals surface area contributed by atoms with E-state index in [1.54, 1.807) is 0 Å². The molecular weight excluding hydrogens is 240 g/mol. The van der Waals surface area contributed by atoms with Gasteiger partial charge in [0.1, 0.15) is 6.04 Å². The molecule has 1 aliphatic heterocycles. The minimum atomic E-state index is -0.751. The quantitative estimate of drug-likeness (QED) is 0.898. The van der Waals surface area contributed by atoms with Crippen LogP contribution in [0.4, 0.5) is 0 Å². The zero-order valence-corrected chi connectivity index (χ0v) is 11.7. The van der Waals surface area contributed by atoms with Gasteiger partial charge in [-0.1, -0.05) is 31.2 Å². The van der Waals surface area contributed by atoms with Crippen molar-refractivity contribution in [3.05, 3.63) is 35.4 Å². The highest BCUT2D eigenvalue weighted by molar-refractivity contribution is 5.76. The van der Waals surface area contributed by atoms with Gasteiger partial charge in [0.05, 0.1) is 0 Å². The molecule has 19 heavy (non-hydrogen) atoms. The molecule has 2 rings (SSSR count). The Morgan fingerprint density at radius 3 is 2.42 bits per heavy atom. The van der Waals surface area contributed by atoms with Crippen LogP contribution in [0.3, 0.4) is 0 Å². The van der Waals surface area contributed by atoms with Crippen LogP contribution >= 0.6 is 0 Å². The number of hydrogen-bond acceptors (Lipinski definition) is 3. The largest absolute Gasteiger partial charge is 0.480 e. The summed E-state index contributed by atoms with van der Waals surface area (Å²) in [7, 11) is 0. The number of benzene rings is 1. The first-order valence-electron chi connectivity index (χ1n) is 6.88. The van der Waals surface area contributed by atoms with Gasteiger partial charge in [0.2, 0.25) is 0 Å². The van der Waals surface area contributed by atoms with E-state index in [1.807, 2.05) is 31.2 Å². The molecular formula is C15H22N2O2. The number of rotatable bonds is 4. The van der Waals surface area contributed by atoms with Crippen LogP contribution in [0.1, 0.15) is 24.1 Å². The maximum atomic E-state index is 11.6. The number of nitrogens with zero attached hydrogens (tertiary/aromatic N) is 2. The van der Waals surface area contributed by atoms with Crippen molar-refractivity contribution in [2.75, 3.05) is 32.7 Å². The smallest absolute Gasteiger partial charge is 0.325 e. The Morgan fingerprint density at radius 1 is 1.26 bits per heavy atom. The first-order chi connectivity index (χ1) is 9.13. The summed E-state index contributed by atoms with van der Waals surface area (Å²) in [5, 5.41) is 9.57. The lowest BCUT2D eigenvalue weighted by Crippen LogP contribution is -2.49. The van der Waals surface area contributed by atoms with E-state index in [9.17, 15) is 9.90 Å². The highest BCUT2D eigenvalue weighted by Crippen LogP contribution is 2.25. The lowest BCUT2D eigenvalue weighted by molar-refractivity contribution is -0.144. The maximum absolute atomic E-state index is 11.6. The summed E-state index contributed by atoms with van der Waals surface area (Å²) in [6.07, 6.45) is 0. The van der Waals surface area contributed by atoms with Crippen LogP contribution in [0.2, 0.25) is 0 Å². The lowest BCUT2D eigenvalue weighted by atomic mass is 9.99. The van der Waals surface area contributed by atoms with Gasteiger partial charge in [0, 0.05) is 26.2 Å². The van der Waals surface area contributed by atoms with Crippen molar-refractivity contribution in [3.63, 3.8) is 0 Å². The number of likely N-dealkylation sites (N-methyl/N-ethyl adjacent to an activating group) is 1. The van der Waals surface area contributed by atoms with Gasteiger partial charge in [-0.05, 0) is 24.6 Å². The average molecular weight is 262 g/mol. The Morgan fingerprint density at radius 2 is 1.89 bits per heavy atom. The molecule has 1 aromatic carbocycles. The van der Waals surface area contributed by atoms with Crippen LogP contribution in [-0.4, -0.2) is 53.6 Å². The van der Waals surface area contributed by atoms with Crippen LogP contribution in [0.15, 0.2) is 24.3 Å². The van der Waals surface area contributed by atoms with E-state index in [2.05, 4.69) is 16.7 Å². The van der Waals surface area contributed by atoms with Gasteiger partial charge in [-0.25, -0.2) is 0 Å². The van der Waals surface area contributed by atoms with E-state index in [1.165, 1.54) is 0 Å². The van der Waals surface area contributed by atoms with Gasteiger partial charge in [0.15, 0.2) is 0 Å². The third kappa shape index (κ3) is 3.14. The second-order valence-corrected chi connectivity index (χ2v) is 5.07. The molecule has 1 aliphatic rings. The summed E-state index contributed by atoms with van der Waals surface area (Å²) in [4.78, 5) is 16.1. The molecule has 0 aromatic heterocycles. The van der Waals surface area contributed by atoms with Crippen LogP contribution in [0, 0.1) is 6.92 Å². The summed E-state index contributed by atoms with van der Waals surface area (Å²) < 4.78 is 0. The van der Waals surface area contributed by atoms with Crippen LogP contribution in [0.5, 0.6) is 0 Å². The number of carboxylic acids is 1. The normalized spacial score (nSPS) is 19.3. The molecule has 104 valence electrons. The molecule has 0 radical (unpaired) electrons. The van der Waals surface area contributed by atoms with Gasteiger partial charge < -0.3 is 10.0 Å². The molecule has 1 N–H and O–H groups in total. The molecule has 4 nitrogen and oxygen atoms in total. The summed E-state index contributed by atoms with van der Waals surface area (Å²) >= 11 is 0. The Balaban J connectivity index is 2.18. The predicted octanol–water partition coefficient (Wildman–Crippen LogP) is 1.76. The third-order valence-electron chi connectivity index (χ3n) is 3.94. The van der Waals surface area contributed by atoms with Crippen LogP contribution in [0.25, 0.3) is 0 Å². The number of carbonyl (C=O) groups is 1. The van der Waals surface area contributed by atoms with Gasteiger partial charge >= 0.3 is 5.97 Å². The van der Waals surface area contributed by atoms with Gasteiger partial charge in [-0.2, -0.15) is 0 Å². The zero-order chi connectivity index (χ0) is 13.8. The molecule has 0 saturated carbocycles. The second kappa shape index (κ2) is 6.17. The van der Waals surface area contributed by atoms with E-state index in [-0.39, 0.29) is 0 Å². The SMILES string of the molecule is CCN1CCN(C(C(=O)O)c2ccccc2C)CC1. The van der Waals surface area contributed by atoms with Crippen molar-refractivity contribution in [3.8, 4) is 0 Å². The second-order valence-electron chi connectivity index (χ2n) is 5.07. The fraction of sp³-hybridized carbons (Fsp3) is 0.533. The van der Waals surface area contributed by atoms with Crippen molar-refractivity contribution in [1.82, 2.24) is 9.80 Å². The van der Waals surface area contributed by atoms with Crippen molar-refractivity contribution >= 4 is 5.97 Å². The standard InChI is InChI=1S/C15H22N2O2/c1-3-16-8-10-17(11-9-16)14(15(18)19)13-7-5-4-6-12(13)2/h4-7,14H,3,8-11H2,1-2H3,(H,18,19). The fourth-order valence-electron chi connectivity index (χ4n) is 2.72. The van der Waals surface area contributed by atoms with E-state index >= 15 is 0 Å². The number of carboxylic acid groups (broad SMARTS) is 1. The van der Waals surface area contributed by atoms with E-state index in [0.717, 1.165) is 43.9 Å². The van der Waals surface area contributed by atoms with Crippen LogP contribution in [-0.2, 0) is 4.79 Å². The van der Waals surface area contributed by atoms with Gasteiger partial charge in [-0.15, -0.1) is 0 Å². The Hall–Kier alpha value is -1.39. The molecule has 1 atom stereocenters. The highest BCUT2D eigenvalue weighted by atomic mass is 16.4. The zero-order valence-electron chi connectivity index (χ0n) is 11.7. The Kier molecular flexibility index (Phi) is 4.56. The average Bonchev–Trinajstić information content (AvgIpc) is 2.42. The van der Waals surface area contributed by atoms with Crippen molar-refractivity contribution in [1.29, 1.82) is 0 Å². The summed E-state index contributed by atoms with van der Waals surface area (Å²) in [5.74, 6) is -0.751. The lowest BCUT2D eigenvalue weighted by Gasteiger charge is -2.37. The molecule has 0 aliphatic carbocycles. The fourth-order valence-corrected chi connectivity index (χ4v) is 2.72. The minimum Gasteiger partial charge on any atom is -0.480 e. The van der Waals surface area contributed by atoms with Gasteiger partial charge in [0.25, 0.3) is 0 Å². The van der Waals surface area contributed by atoms with Crippen molar-refractivity contribution in [2.24, 2.45) is 0 Å². The first-order valence-corrected chi connectivity index (χ1v) is 6.88. The molecule has 1 fully saturated rings. The molecule has 0 bridgehead atoms. The molecule has 0 spiro atoms. The topological polar surface area (TPSA) is 43.8 Å². The summed E-state index contributed by atoms with van der Waals surface area (Å²) in [5.41, 5.74) is 1.97. The third-order valence-corrected chi connectivity index (χ3v) is 3.94. The molecule has 1 unspecified atom stereocenters. The van der Waals surface area contributed by atoms with E-state index in [0.29, 0.717) is 0 Å². The number of aryl methyl sites for hydroxylation is 1. The molecule has 0 amide bonds. The molecule has 1 heterocycles. The molecule has 1 saturated heterocycles. The first kappa shape index (κ1) is 14.0. The van der Waals surface area contributed by atoms with E-state index in [4.69, 9.17) is 0 Å². The summed E-state index contributed by atoms with van der Waals surface area (Å²) in [6, 6.07) is 7.27. The Labute approximate surface area is 114 Å². The predicted molar refractivity (Wildman–Crippen MR) is 75.2 cm³/mol. The summed E-state index contributed by atoms with van der Waals surface area (Å²) in [6.45, 7) is 8.70. The van der Waals surface area contributed by atoms with E-state index < -0.39 is 12.0 Å². The molecule has 4 heteroatoms. The highest BCUT2D eigenvalue weighted by Gasteiger charge is 2.30. The maximum Gasteiger partial charge on any atom is 0.325 e. The van der Waals surface area contributed by atoms with Crippen molar-refractivity contribution < 1.29 is 9.90 Å². The minimum absolute atomic E-state index is 0.514.